The van der Waals surface area contributed by atoms with Gasteiger partial charge >= 0.3 is 0 Å². The van der Waals surface area contributed by atoms with E-state index in [1.54, 1.807) is 12.3 Å². The summed E-state index contributed by atoms with van der Waals surface area (Å²) < 4.78 is 0. The van der Waals surface area contributed by atoms with E-state index in [1.807, 2.05) is 30.3 Å². The predicted molar refractivity (Wildman–Crippen MR) is 116 cm³/mol. The standard InChI is InChI=1S/C23H25ClN4O2/c24-16-3-1-2-15(10-16)23(8-9-23)22(30)27-17-11-18-5-6-19(12-17)28(18)20-7-4-14(13-26-20)21(25)29/h1-4,7,10,13,17-19H,5-6,8-9,11-12H2,(H2,25,29)(H,27,30). The van der Waals surface area contributed by atoms with E-state index in [1.165, 1.54) is 0 Å². The zero-order valence-corrected chi connectivity index (χ0v) is 17.4. The Morgan fingerprint density at radius 1 is 1.13 bits per heavy atom. The molecule has 1 aromatic carbocycles. The van der Waals surface area contributed by atoms with Crippen molar-refractivity contribution in [2.45, 2.75) is 62.1 Å². The number of hydrogen-bond acceptors (Lipinski definition) is 4. The molecule has 3 heterocycles. The Morgan fingerprint density at radius 2 is 1.87 bits per heavy atom. The van der Waals surface area contributed by atoms with Crippen molar-refractivity contribution in [3.05, 3.63) is 58.7 Å². The van der Waals surface area contributed by atoms with E-state index < -0.39 is 11.3 Å². The van der Waals surface area contributed by atoms with Crippen LogP contribution in [0.2, 0.25) is 5.02 Å². The molecule has 0 spiro atoms. The van der Waals surface area contributed by atoms with Crippen LogP contribution in [0.25, 0.3) is 0 Å². The SMILES string of the molecule is NC(=O)c1ccc(N2C3CCC2CC(NC(=O)C2(c4cccc(Cl)c4)CC2)C3)nc1. The van der Waals surface area contributed by atoms with Crippen molar-refractivity contribution >= 4 is 29.2 Å². The van der Waals surface area contributed by atoms with Crippen LogP contribution in [-0.4, -0.2) is 34.9 Å². The highest BCUT2D eigenvalue weighted by Gasteiger charge is 2.52. The maximum absolute atomic E-state index is 13.2. The van der Waals surface area contributed by atoms with Gasteiger partial charge in [0.25, 0.3) is 0 Å². The number of aromatic nitrogens is 1. The molecule has 2 aromatic rings. The zero-order valence-electron chi connectivity index (χ0n) is 16.7. The number of nitrogens with one attached hydrogen (secondary N) is 1. The number of nitrogens with two attached hydrogens (primary N) is 1. The third-order valence-electron chi connectivity index (χ3n) is 6.93. The van der Waals surface area contributed by atoms with Crippen LogP contribution in [0.5, 0.6) is 0 Å². The molecule has 2 saturated heterocycles. The van der Waals surface area contributed by atoms with E-state index in [4.69, 9.17) is 17.3 Å². The molecule has 30 heavy (non-hydrogen) atoms. The first-order valence-corrected chi connectivity index (χ1v) is 11.0. The molecule has 2 aliphatic heterocycles. The van der Waals surface area contributed by atoms with Gasteiger partial charge in [-0.1, -0.05) is 23.7 Å². The second kappa shape index (κ2) is 7.27. The molecule has 5 rings (SSSR count). The first kappa shape index (κ1) is 19.4. The number of benzene rings is 1. The van der Waals surface area contributed by atoms with Gasteiger partial charge < -0.3 is 16.0 Å². The van der Waals surface area contributed by atoms with Crippen molar-refractivity contribution in [1.82, 2.24) is 10.3 Å². The second-order valence-corrected chi connectivity index (χ2v) is 9.23. The van der Waals surface area contributed by atoms with Crippen LogP contribution in [0.3, 0.4) is 0 Å². The predicted octanol–water partition coefficient (Wildman–Crippen LogP) is 3.18. The summed E-state index contributed by atoms with van der Waals surface area (Å²) in [5.74, 6) is 0.550. The lowest BCUT2D eigenvalue weighted by molar-refractivity contribution is -0.124. The van der Waals surface area contributed by atoms with Gasteiger partial charge in [0.2, 0.25) is 11.8 Å². The van der Waals surface area contributed by atoms with Crippen LogP contribution in [-0.2, 0) is 10.2 Å². The number of anilines is 1. The molecule has 0 radical (unpaired) electrons. The summed E-state index contributed by atoms with van der Waals surface area (Å²) in [5.41, 5.74) is 6.36. The topological polar surface area (TPSA) is 88.3 Å². The molecule has 2 unspecified atom stereocenters. The van der Waals surface area contributed by atoms with Crippen LogP contribution < -0.4 is 16.0 Å². The second-order valence-electron chi connectivity index (χ2n) is 8.80. The van der Waals surface area contributed by atoms with Crippen molar-refractivity contribution < 1.29 is 9.59 Å². The number of pyridine rings is 1. The number of piperidine rings is 1. The summed E-state index contributed by atoms with van der Waals surface area (Å²) in [7, 11) is 0. The van der Waals surface area contributed by atoms with E-state index >= 15 is 0 Å². The molecule has 3 fully saturated rings. The lowest BCUT2D eigenvalue weighted by atomic mass is 9.92. The average molecular weight is 425 g/mol. The minimum absolute atomic E-state index is 0.131. The number of carbonyl (C=O) groups excluding carboxylic acids is 2. The molecule has 3 N–H and O–H groups in total. The minimum Gasteiger partial charge on any atom is -0.366 e. The quantitative estimate of drug-likeness (QED) is 0.771. The van der Waals surface area contributed by atoms with Gasteiger partial charge in [0.15, 0.2) is 0 Å². The van der Waals surface area contributed by atoms with Gasteiger partial charge in [0.05, 0.1) is 11.0 Å². The Hall–Kier alpha value is -2.60. The molecule has 1 aromatic heterocycles. The first-order valence-electron chi connectivity index (χ1n) is 10.6. The normalized spacial score (nSPS) is 26.3. The molecule has 1 saturated carbocycles. The van der Waals surface area contributed by atoms with Gasteiger partial charge in [-0.3, -0.25) is 9.59 Å². The van der Waals surface area contributed by atoms with E-state index in [2.05, 4.69) is 15.2 Å². The number of carbonyl (C=O) groups is 2. The van der Waals surface area contributed by atoms with Crippen molar-refractivity contribution in [2.75, 3.05) is 4.90 Å². The summed E-state index contributed by atoms with van der Waals surface area (Å²) in [6.07, 6.45) is 7.31. The molecule has 2 atom stereocenters. The van der Waals surface area contributed by atoms with Crippen LogP contribution in [0.4, 0.5) is 5.82 Å². The number of nitrogens with zero attached hydrogens (tertiary/aromatic N) is 2. The molecular weight excluding hydrogens is 400 g/mol. The Kier molecular flexibility index (Phi) is 4.69. The molecule has 1 aliphatic carbocycles. The molecule has 3 aliphatic rings. The molecule has 156 valence electrons. The Morgan fingerprint density at radius 3 is 2.43 bits per heavy atom. The van der Waals surface area contributed by atoms with Gasteiger partial charge in [-0.2, -0.15) is 0 Å². The Bertz CT molecular complexity index is 975. The van der Waals surface area contributed by atoms with Crippen LogP contribution in [0.15, 0.2) is 42.6 Å². The van der Waals surface area contributed by atoms with Crippen LogP contribution in [0, 0.1) is 0 Å². The van der Waals surface area contributed by atoms with Crippen molar-refractivity contribution in [3.63, 3.8) is 0 Å². The highest BCUT2D eigenvalue weighted by Crippen LogP contribution is 2.49. The number of primary amides is 1. The Balaban J connectivity index is 1.27. The van der Waals surface area contributed by atoms with E-state index in [9.17, 15) is 9.59 Å². The summed E-state index contributed by atoms with van der Waals surface area (Å²) in [4.78, 5) is 31.3. The third kappa shape index (κ3) is 3.33. The highest BCUT2D eigenvalue weighted by molar-refractivity contribution is 6.30. The van der Waals surface area contributed by atoms with Gasteiger partial charge in [-0.05, 0) is 68.4 Å². The third-order valence-corrected chi connectivity index (χ3v) is 7.16. The maximum Gasteiger partial charge on any atom is 0.250 e. The fourth-order valence-electron chi connectivity index (χ4n) is 5.24. The van der Waals surface area contributed by atoms with Crippen LogP contribution >= 0.6 is 11.6 Å². The number of rotatable bonds is 5. The average Bonchev–Trinajstić information content (AvgIpc) is 3.50. The number of fused-ring (bicyclic) bond motifs is 2. The minimum atomic E-state index is -0.466. The van der Waals surface area contributed by atoms with E-state index in [0.29, 0.717) is 22.7 Å². The first-order chi connectivity index (χ1) is 14.5. The lowest BCUT2D eigenvalue weighted by Gasteiger charge is -2.40. The van der Waals surface area contributed by atoms with Crippen molar-refractivity contribution in [3.8, 4) is 0 Å². The molecule has 6 nitrogen and oxygen atoms in total. The zero-order chi connectivity index (χ0) is 20.9. The number of hydrogen-bond donors (Lipinski definition) is 2. The Labute approximate surface area is 180 Å². The molecular formula is C23H25ClN4O2. The number of amides is 2. The van der Waals surface area contributed by atoms with Gasteiger partial charge in [0, 0.05) is 29.3 Å². The smallest absolute Gasteiger partial charge is 0.250 e. The van der Waals surface area contributed by atoms with Gasteiger partial charge in [-0.25, -0.2) is 4.98 Å². The van der Waals surface area contributed by atoms with E-state index in [-0.39, 0.29) is 11.9 Å². The molecule has 2 bridgehead atoms. The van der Waals surface area contributed by atoms with Crippen molar-refractivity contribution in [2.24, 2.45) is 5.73 Å². The fraction of sp³-hybridized carbons (Fsp3) is 0.435. The van der Waals surface area contributed by atoms with Gasteiger partial charge in [0.1, 0.15) is 5.82 Å². The summed E-state index contributed by atoms with van der Waals surface area (Å²) in [6.45, 7) is 0. The summed E-state index contributed by atoms with van der Waals surface area (Å²) >= 11 is 6.15. The van der Waals surface area contributed by atoms with Gasteiger partial charge in [-0.15, -0.1) is 0 Å². The number of halogens is 1. The molecule has 2 amide bonds. The monoisotopic (exact) mass is 424 g/mol. The molecule has 7 heteroatoms. The maximum atomic E-state index is 13.2. The summed E-state index contributed by atoms with van der Waals surface area (Å²) in [5, 5.41) is 4.02. The fourth-order valence-corrected chi connectivity index (χ4v) is 5.43. The van der Waals surface area contributed by atoms with Crippen LogP contribution in [0.1, 0.15) is 54.4 Å². The lowest BCUT2D eigenvalue weighted by Crippen LogP contribution is -2.52. The summed E-state index contributed by atoms with van der Waals surface area (Å²) in [6, 6.07) is 12.2. The highest BCUT2D eigenvalue weighted by atomic mass is 35.5. The van der Waals surface area contributed by atoms with E-state index in [0.717, 1.165) is 49.9 Å². The largest absolute Gasteiger partial charge is 0.366 e. The van der Waals surface area contributed by atoms with Crippen molar-refractivity contribution in [1.29, 1.82) is 0 Å².